The molecule has 28 heavy (non-hydrogen) atoms. The third kappa shape index (κ3) is 3.14. The first-order valence-corrected chi connectivity index (χ1v) is 10.9. The highest BCUT2D eigenvalue weighted by Gasteiger charge is 2.37. The molecule has 0 aromatic carbocycles. The number of imidazole rings is 1. The minimum absolute atomic E-state index is 0.0270. The van der Waals surface area contributed by atoms with Crippen molar-refractivity contribution in [1.29, 1.82) is 0 Å². The van der Waals surface area contributed by atoms with Gasteiger partial charge in [0.05, 0.1) is 4.90 Å². The molecule has 0 radical (unpaired) electrons. The molecule has 0 atom stereocenters. The molecule has 2 fully saturated rings. The van der Waals surface area contributed by atoms with Gasteiger partial charge in [-0.3, -0.25) is 4.40 Å². The number of hydrogen-bond acceptors (Lipinski definition) is 5. The van der Waals surface area contributed by atoms with Crippen LogP contribution in [0.25, 0.3) is 5.65 Å². The van der Waals surface area contributed by atoms with Gasteiger partial charge in [-0.05, 0) is 37.2 Å². The van der Waals surface area contributed by atoms with Crippen LogP contribution in [0, 0.1) is 11.4 Å². The zero-order chi connectivity index (χ0) is 19.1. The van der Waals surface area contributed by atoms with Crippen molar-refractivity contribution in [2.45, 2.75) is 48.3 Å². The number of piperidine rings is 1. The predicted octanol–water partition coefficient (Wildman–Crippen LogP) is 5.23. The van der Waals surface area contributed by atoms with E-state index in [1.165, 1.54) is 56.5 Å². The van der Waals surface area contributed by atoms with E-state index in [2.05, 4.69) is 14.9 Å². The summed E-state index contributed by atoms with van der Waals surface area (Å²) in [6.45, 7) is 2.07. The molecule has 1 aliphatic carbocycles. The Hall–Kier alpha value is -1.86. The van der Waals surface area contributed by atoms with Gasteiger partial charge in [-0.1, -0.05) is 36.2 Å². The van der Waals surface area contributed by atoms with Crippen LogP contribution in [0.15, 0.2) is 40.6 Å². The number of aromatic nitrogens is 4. The molecule has 0 N–H and O–H groups in total. The molecular weight excluding hydrogens is 397 g/mol. The number of pyridine rings is 1. The van der Waals surface area contributed by atoms with Crippen LogP contribution >= 0.6 is 23.4 Å². The van der Waals surface area contributed by atoms with Gasteiger partial charge in [0.15, 0.2) is 5.65 Å². The molecule has 4 heterocycles. The second-order valence-corrected chi connectivity index (χ2v) is 9.22. The molecule has 5 nitrogen and oxygen atoms in total. The van der Waals surface area contributed by atoms with Gasteiger partial charge < -0.3 is 4.90 Å². The highest BCUT2D eigenvalue weighted by atomic mass is 35.5. The molecule has 146 valence electrons. The smallest absolute Gasteiger partial charge is 0.232 e. The SMILES string of the molecule is Fc1nccc(Sc2cnc(N3CCC4(CCCC4)CC3)n3ccnc23)c1Cl. The van der Waals surface area contributed by atoms with Crippen LogP contribution in [0.1, 0.15) is 38.5 Å². The quantitative estimate of drug-likeness (QED) is 0.546. The first kappa shape index (κ1) is 18.2. The van der Waals surface area contributed by atoms with Crippen LogP contribution in [0.4, 0.5) is 10.3 Å². The molecule has 0 bridgehead atoms. The van der Waals surface area contributed by atoms with Crippen molar-refractivity contribution in [3.05, 3.63) is 41.8 Å². The van der Waals surface area contributed by atoms with Crippen molar-refractivity contribution in [3.63, 3.8) is 0 Å². The molecule has 8 heteroatoms. The van der Waals surface area contributed by atoms with Gasteiger partial charge in [0.25, 0.3) is 0 Å². The van der Waals surface area contributed by atoms with E-state index in [4.69, 9.17) is 16.6 Å². The topological polar surface area (TPSA) is 46.3 Å². The molecule has 2 aliphatic rings. The summed E-state index contributed by atoms with van der Waals surface area (Å²) in [5, 5.41) is 0.0270. The van der Waals surface area contributed by atoms with Gasteiger partial charge in [-0.2, -0.15) is 4.39 Å². The van der Waals surface area contributed by atoms with Crippen LogP contribution < -0.4 is 4.90 Å². The van der Waals surface area contributed by atoms with E-state index in [9.17, 15) is 4.39 Å². The maximum atomic E-state index is 13.7. The van der Waals surface area contributed by atoms with Crippen LogP contribution in [-0.4, -0.2) is 32.4 Å². The zero-order valence-electron chi connectivity index (χ0n) is 15.4. The third-order valence-electron chi connectivity index (χ3n) is 6.18. The molecule has 1 saturated heterocycles. The molecule has 0 amide bonds. The highest BCUT2D eigenvalue weighted by Crippen LogP contribution is 2.46. The van der Waals surface area contributed by atoms with Crippen molar-refractivity contribution in [2.75, 3.05) is 18.0 Å². The Morgan fingerprint density at radius 2 is 1.79 bits per heavy atom. The summed E-state index contributed by atoms with van der Waals surface area (Å²) in [5.41, 5.74) is 1.38. The standard InChI is InChI=1S/C20H21ClFN5S/c21-16-14(3-8-23-17(16)22)28-15-13-25-19(27-12-9-24-18(15)27)26-10-6-20(7-11-26)4-1-2-5-20/h3,8-9,12-13H,1-2,4-7,10-11H2. The Bertz CT molecular complexity index is 1010. The van der Waals surface area contributed by atoms with E-state index in [-0.39, 0.29) is 5.02 Å². The van der Waals surface area contributed by atoms with E-state index in [0.717, 1.165) is 29.6 Å². The van der Waals surface area contributed by atoms with Crippen LogP contribution in [0.3, 0.4) is 0 Å². The Morgan fingerprint density at radius 1 is 1.00 bits per heavy atom. The lowest BCUT2D eigenvalue weighted by atomic mass is 9.77. The van der Waals surface area contributed by atoms with E-state index < -0.39 is 5.95 Å². The van der Waals surface area contributed by atoms with Crippen LogP contribution in [-0.2, 0) is 0 Å². The van der Waals surface area contributed by atoms with Gasteiger partial charge in [-0.15, -0.1) is 0 Å². The van der Waals surface area contributed by atoms with E-state index >= 15 is 0 Å². The molecule has 1 aliphatic heterocycles. The fraction of sp³-hybridized carbons (Fsp3) is 0.450. The van der Waals surface area contributed by atoms with Crippen molar-refractivity contribution in [1.82, 2.24) is 19.4 Å². The van der Waals surface area contributed by atoms with Gasteiger partial charge in [0.2, 0.25) is 11.9 Å². The normalized spacial score (nSPS) is 19.0. The number of hydrogen-bond donors (Lipinski definition) is 0. The number of halogens is 2. The Kier molecular flexibility index (Phi) is 4.67. The lowest BCUT2D eigenvalue weighted by molar-refractivity contribution is 0.225. The highest BCUT2D eigenvalue weighted by molar-refractivity contribution is 7.99. The van der Waals surface area contributed by atoms with Crippen LogP contribution in [0.2, 0.25) is 5.02 Å². The number of nitrogens with zero attached hydrogens (tertiary/aromatic N) is 5. The molecule has 0 unspecified atom stereocenters. The average molecular weight is 418 g/mol. The lowest BCUT2D eigenvalue weighted by Crippen LogP contribution is -2.40. The van der Waals surface area contributed by atoms with Crippen molar-refractivity contribution >= 4 is 35.0 Å². The fourth-order valence-electron chi connectivity index (χ4n) is 4.59. The fourth-order valence-corrected chi connectivity index (χ4v) is 5.71. The number of fused-ring (bicyclic) bond motifs is 1. The second kappa shape index (κ2) is 7.19. The van der Waals surface area contributed by atoms with Gasteiger partial charge in [0, 0.05) is 42.8 Å². The first-order chi connectivity index (χ1) is 13.7. The first-order valence-electron chi connectivity index (χ1n) is 9.70. The van der Waals surface area contributed by atoms with Crippen molar-refractivity contribution < 1.29 is 4.39 Å². The maximum Gasteiger partial charge on any atom is 0.232 e. The van der Waals surface area contributed by atoms with Gasteiger partial charge in [0.1, 0.15) is 5.02 Å². The number of rotatable bonds is 3. The third-order valence-corrected chi connectivity index (χ3v) is 7.72. The molecule has 5 rings (SSSR count). The van der Waals surface area contributed by atoms with E-state index in [1.807, 2.05) is 16.8 Å². The molecule has 3 aromatic rings. The minimum Gasteiger partial charge on any atom is -0.342 e. The molecule has 1 saturated carbocycles. The second-order valence-electron chi connectivity index (χ2n) is 7.75. The van der Waals surface area contributed by atoms with Gasteiger partial charge >= 0.3 is 0 Å². The minimum atomic E-state index is -0.662. The van der Waals surface area contributed by atoms with E-state index in [1.54, 1.807) is 12.3 Å². The Balaban J connectivity index is 1.43. The maximum absolute atomic E-state index is 13.7. The Morgan fingerprint density at radius 3 is 2.57 bits per heavy atom. The van der Waals surface area contributed by atoms with Crippen molar-refractivity contribution in [3.8, 4) is 0 Å². The Labute approximate surface area is 172 Å². The largest absolute Gasteiger partial charge is 0.342 e. The summed E-state index contributed by atoms with van der Waals surface area (Å²) in [6.07, 6.45) is 15.0. The summed E-state index contributed by atoms with van der Waals surface area (Å²) in [6, 6.07) is 1.70. The average Bonchev–Trinajstić information content (AvgIpc) is 3.37. The lowest BCUT2D eigenvalue weighted by Gasteiger charge is -2.39. The van der Waals surface area contributed by atoms with E-state index in [0.29, 0.717) is 10.3 Å². The predicted molar refractivity (Wildman–Crippen MR) is 109 cm³/mol. The molecule has 3 aromatic heterocycles. The van der Waals surface area contributed by atoms with Gasteiger partial charge in [-0.25, -0.2) is 15.0 Å². The zero-order valence-corrected chi connectivity index (χ0v) is 17.0. The molecular formula is C20H21ClFN5S. The summed E-state index contributed by atoms with van der Waals surface area (Å²) in [7, 11) is 0. The summed E-state index contributed by atoms with van der Waals surface area (Å²) in [4.78, 5) is 16.7. The molecule has 1 spiro atoms. The van der Waals surface area contributed by atoms with Crippen LogP contribution in [0.5, 0.6) is 0 Å². The summed E-state index contributed by atoms with van der Waals surface area (Å²) in [5.74, 6) is 0.265. The monoisotopic (exact) mass is 417 g/mol. The summed E-state index contributed by atoms with van der Waals surface area (Å²) < 4.78 is 15.7. The van der Waals surface area contributed by atoms with Crippen molar-refractivity contribution in [2.24, 2.45) is 5.41 Å². The summed E-state index contributed by atoms with van der Waals surface area (Å²) >= 11 is 7.42. The number of anilines is 1.